The van der Waals surface area contributed by atoms with Crippen LogP contribution in [0.25, 0.3) is 23.0 Å². The zero-order chi connectivity index (χ0) is 23.8. The third-order valence-corrected chi connectivity index (χ3v) is 5.44. The number of nitriles is 1. The van der Waals surface area contributed by atoms with Crippen LogP contribution in [0.15, 0.2) is 79.0 Å². The van der Waals surface area contributed by atoms with Gasteiger partial charge in [-0.05, 0) is 55.3 Å². The van der Waals surface area contributed by atoms with Gasteiger partial charge in [-0.3, -0.25) is 4.79 Å². The summed E-state index contributed by atoms with van der Waals surface area (Å²) in [5, 5.41) is 17.3. The molecule has 1 amide bonds. The van der Waals surface area contributed by atoms with Crippen LogP contribution >= 0.6 is 0 Å². The van der Waals surface area contributed by atoms with Crippen molar-refractivity contribution in [1.82, 2.24) is 15.1 Å². The molecule has 0 radical (unpaired) electrons. The molecule has 34 heavy (non-hydrogen) atoms. The van der Waals surface area contributed by atoms with Crippen molar-refractivity contribution in [1.29, 1.82) is 5.26 Å². The maximum atomic E-state index is 12.7. The molecule has 172 valence electrons. The number of hydrogen-bond acceptors (Lipinski definition) is 5. The van der Waals surface area contributed by atoms with Gasteiger partial charge in [0.1, 0.15) is 24.0 Å². The molecule has 0 aliphatic carbocycles. The summed E-state index contributed by atoms with van der Waals surface area (Å²) in [5.41, 5.74) is 3.03. The van der Waals surface area contributed by atoms with E-state index in [1.807, 2.05) is 66.9 Å². The normalized spacial score (nSPS) is 15.5. The maximum Gasteiger partial charge on any atom is 0.262 e. The van der Waals surface area contributed by atoms with Crippen LogP contribution in [0.5, 0.6) is 5.75 Å². The molecule has 0 unspecified atom stereocenters. The van der Waals surface area contributed by atoms with Crippen LogP contribution in [0.3, 0.4) is 0 Å². The van der Waals surface area contributed by atoms with Crippen molar-refractivity contribution in [3.05, 3.63) is 84.6 Å². The number of ether oxygens (including phenoxy) is 2. The Hall–Kier alpha value is -4.15. The summed E-state index contributed by atoms with van der Waals surface area (Å²) in [5.74, 6) is 0.291. The first-order chi connectivity index (χ1) is 16.7. The molecule has 1 aliphatic heterocycles. The van der Waals surface area contributed by atoms with Crippen molar-refractivity contribution >= 4 is 12.0 Å². The van der Waals surface area contributed by atoms with E-state index < -0.39 is 5.91 Å². The Morgan fingerprint density at radius 2 is 2.06 bits per heavy atom. The molecule has 2 heterocycles. The van der Waals surface area contributed by atoms with Gasteiger partial charge in [0, 0.05) is 30.5 Å². The molecule has 3 aromatic rings. The number of nitrogens with one attached hydrogen (secondary N) is 1. The van der Waals surface area contributed by atoms with E-state index in [9.17, 15) is 10.1 Å². The molecule has 1 fully saturated rings. The zero-order valence-corrected chi connectivity index (χ0v) is 18.8. The van der Waals surface area contributed by atoms with E-state index in [0.717, 1.165) is 29.8 Å². The third-order valence-electron chi connectivity index (χ3n) is 5.44. The van der Waals surface area contributed by atoms with Crippen molar-refractivity contribution in [2.45, 2.75) is 18.9 Å². The molecule has 7 heteroatoms. The molecule has 0 spiro atoms. The molecule has 1 atom stereocenters. The number of carbonyl (C=O) groups is 1. The Balaban J connectivity index is 1.65. The number of hydrogen-bond donors (Lipinski definition) is 1. The lowest BCUT2D eigenvalue weighted by atomic mass is 10.1. The highest BCUT2D eigenvalue weighted by Gasteiger charge is 2.19. The Labute approximate surface area is 198 Å². The third kappa shape index (κ3) is 5.61. The topological polar surface area (TPSA) is 89.2 Å². The number of rotatable bonds is 9. The maximum absolute atomic E-state index is 12.7. The molecule has 0 saturated carbocycles. The van der Waals surface area contributed by atoms with Gasteiger partial charge in [-0.25, -0.2) is 4.68 Å². The van der Waals surface area contributed by atoms with Crippen LogP contribution in [0, 0.1) is 11.3 Å². The second-order valence-electron chi connectivity index (χ2n) is 7.85. The van der Waals surface area contributed by atoms with E-state index in [0.29, 0.717) is 31.0 Å². The van der Waals surface area contributed by atoms with Gasteiger partial charge in [-0.1, -0.05) is 30.9 Å². The monoisotopic (exact) mass is 454 g/mol. The van der Waals surface area contributed by atoms with E-state index in [2.05, 4.69) is 11.9 Å². The fraction of sp³-hybridized carbons (Fsp3) is 0.222. The second kappa shape index (κ2) is 11.1. The molecule has 4 rings (SSSR count). The van der Waals surface area contributed by atoms with Gasteiger partial charge in [0.15, 0.2) is 0 Å². The average Bonchev–Trinajstić information content (AvgIpc) is 3.56. The van der Waals surface area contributed by atoms with E-state index in [1.54, 1.807) is 16.8 Å². The van der Waals surface area contributed by atoms with E-state index in [-0.39, 0.29) is 11.7 Å². The molecule has 1 aromatic heterocycles. The minimum absolute atomic E-state index is 0.00195. The Bertz CT molecular complexity index is 1200. The Morgan fingerprint density at radius 1 is 1.26 bits per heavy atom. The van der Waals surface area contributed by atoms with Crippen molar-refractivity contribution in [2.75, 3.05) is 19.8 Å². The number of nitrogens with zero attached hydrogens (tertiary/aromatic N) is 3. The van der Waals surface area contributed by atoms with Crippen molar-refractivity contribution < 1.29 is 14.3 Å². The van der Waals surface area contributed by atoms with Gasteiger partial charge in [0.25, 0.3) is 5.91 Å². The highest BCUT2D eigenvalue weighted by molar-refractivity contribution is 6.02. The van der Waals surface area contributed by atoms with E-state index >= 15 is 0 Å². The van der Waals surface area contributed by atoms with Gasteiger partial charge in [-0.15, -0.1) is 0 Å². The largest absolute Gasteiger partial charge is 0.490 e. The molecule has 0 bridgehead atoms. The Kier molecular flexibility index (Phi) is 7.53. The van der Waals surface area contributed by atoms with Crippen LogP contribution < -0.4 is 10.1 Å². The Morgan fingerprint density at radius 3 is 2.74 bits per heavy atom. The quantitative estimate of drug-likeness (QED) is 0.296. The summed E-state index contributed by atoms with van der Waals surface area (Å²) in [6.07, 6.45) is 6.98. The smallest absolute Gasteiger partial charge is 0.262 e. The van der Waals surface area contributed by atoms with Gasteiger partial charge >= 0.3 is 0 Å². The fourth-order valence-electron chi connectivity index (χ4n) is 3.71. The minimum Gasteiger partial charge on any atom is -0.490 e. The average molecular weight is 455 g/mol. The highest BCUT2D eigenvalue weighted by atomic mass is 16.5. The molecular formula is C27H26N4O3. The fourth-order valence-corrected chi connectivity index (χ4v) is 3.71. The first kappa shape index (κ1) is 23.0. The summed E-state index contributed by atoms with van der Waals surface area (Å²) in [6.45, 7) is 5.18. The number of benzene rings is 2. The number of para-hydroxylation sites is 1. The summed E-state index contributed by atoms with van der Waals surface area (Å²) < 4.78 is 12.9. The van der Waals surface area contributed by atoms with Gasteiger partial charge in [0.05, 0.1) is 17.5 Å². The molecule has 7 nitrogen and oxygen atoms in total. The van der Waals surface area contributed by atoms with Crippen LogP contribution in [-0.4, -0.2) is 41.6 Å². The molecular weight excluding hydrogens is 428 g/mol. The number of amides is 1. The predicted octanol–water partition coefficient (Wildman–Crippen LogP) is 4.31. The van der Waals surface area contributed by atoms with Crippen molar-refractivity contribution in [3.8, 4) is 28.8 Å². The standard InChI is InChI=1S/C27H26N4O3/c1-2-14-33-24-12-10-20(11-13-24)26-22(19-31(30-26)23-7-4-3-5-8-23)16-21(17-28)27(32)29-18-25-9-6-15-34-25/h2-5,7-8,10-13,16,19,25H,1,6,9,14-15,18H2,(H,29,32)/b21-16+/t25-/m1/s1. The van der Waals surface area contributed by atoms with Crippen LogP contribution in [0.2, 0.25) is 0 Å². The minimum atomic E-state index is -0.426. The van der Waals surface area contributed by atoms with Crippen molar-refractivity contribution in [2.24, 2.45) is 0 Å². The zero-order valence-electron chi connectivity index (χ0n) is 18.8. The van der Waals surface area contributed by atoms with Gasteiger partial charge in [-0.2, -0.15) is 10.4 Å². The van der Waals surface area contributed by atoms with E-state index in [4.69, 9.17) is 14.6 Å². The summed E-state index contributed by atoms with van der Waals surface area (Å²) in [6, 6.07) is 19.2. The molecule has 1 aliphatic rings. The lowest BCUT2D eigenvalue weighted by molar-refractivity contribution is -0.117. The lowest BCUT2D eigenvalue weighted by Crippen LogP contribution is -2.32. The van der Waals surface area contributed by atoms with Crippen LogP contribution in [0.4, 0.5) is 0 Å². The van der Waals surface area contributed by atoms with Gasteiger partial charge in [0.2, 0.25) is 0 Å². The summed E-state index contributed by atoms with van der Waals surface area (Å²) in [7, 11) is 0. The SMILES string of the molecule is C=CCOc1ccc(-c2nn(-c3ccccc3)cc2/C=C(\C#N)C(=O)NC[C@H]2CCCO2)cc1. The first-order valence-electron chi connectivity index (χ1n) is 11.2. The highest BCUT2D eigenvalue weighted by Crippen LogP contribution is 2.27. The van der Waals surface area contributed by atoms with Crippen LogP contribution in [0.1, 0.15) is 18.4 Å². The van der Waals surface area contributed by atoms with Gasteiger partial charge < -0.3 is 14.8 Å². The second-order valence-corrected chi connectivity index (χ2v) is 7.85. The molecule has 1 N–H and O–H groups in total. The molecule has 2 aromatic carbocycles. The van der Waals surface area contributed by atoms with Crippen molar-refractivity contribution in [3.63, 3.8) is 0 Å². The lowest BCUT2D eigenvalue weighted by Gasteiger charge is -2.10. The molecule has 1 saturated heterocycles. The van der Waals surface area contributed by atoms with Crippen LogP contribution in [-0.2, 0) is 9.53 Å². The number of aromatic nitrogens is 2. The van der Waals surface area contributed by atoms with E-state index in [1.165, 1.54) is 0 Å². The first-order valence-corrected chi connectivity index (χ1v) is 11.2. The number of carbonyl (C=O) groups excluding carboxylic acids is 1. The predicted molar refractivity (Wildman–Crippen MR) is 130 cm³/mol. The summed E-state index contributed by atoms with van der Waals surface area (Å²) >= 11 is 0. The summed E-state index contributed by atoms with van der Waals surface area (Å²) in [4.78, 5) is 12.7.